The van der Waals surface area contributed by atoms with Crippen molar-refractivity contribution in [1.29, 1.82) is 0 Å². The van der Waals surface area contributed by atoms with Gasteiger partial charge in [0.1, 0.15) is 12.4 Å². The Bertz CT molecular complexity index is 937. The maximum atomic E-state index is 12.1. The van der Waals surface area contributed by atoms with Gasteiger partial charge in [0.2, 0.25) is 0 Å². The molecule has 138 valence electrons. The second-order valence-corrected chi connectivity index (χ2v) is 7.11. The molecule has 3 aromatic carbocycles. The van der Waals surface area contributed by atoms with Gasteiger partial charge in [-0.3, -0.25) is 4.79 Å². The summed E-state index contributed by atoms with van der Waals surface area (Å²) < 4.78 is 5.57. The first-order chi connectivity index (χ1) is 13.2. The molecule has 0 aliphatic rings. The van der Waals surface area contributed by atoms with Crippen LogP contribution in [0.2, 0.25) is 0 Å². The molecule has 0 bridgehead atoms. The molecular formula is C24H24O2S. The predicted octanol–water partition coefficient (Wildman–Crippen LogP) is 5.80. The molecule has 0 aromatic heterocycles. The van der Waals surface area contributed by atoms with Crippen LogP contribution in [0.15, 0.2) is 77.7 Å². The summed E-state index contributed by atoms with van der Waals surface area (Å²) in [6.07, 6.45) is 3.93. The molecule has 0 radical (unpaired) electrons. The minimum Gasteiger partial charge on any atom is -0.486 e. The van der Waals surface area contributed by atoms with Crippen molar-refractivity contribution in [3.63, 3.8) is 0 Å². The van der Waals surface area contributed by atoms with Crippen molar-refractivity contribution in [3.05, 3.63) is 88.8 Å². The van der Waals surface area contributed by atoms with Crippen molar-refractivity contribution in [1.82, 2.24) is 0 Å². The molecule has 3 rings (SSSR count). The highest BCUT2D eigenvalue weighted by molar-refractivity contribution is 7.84. The molecule has 0 unspecified atom stereocenters. The topological polar surface area (TPSA) is 26.3 Å². The van der Waals surface area contributed by atoms with Gasteiger partial charge in [-0.05, 0) is 45.4 Å². The molecule has 0 heterocycles. The van der Waals surface area contributed by atoms with Gasteiger partial charge in [0.25, 0.3) is 0 Å². The zero-order valence-electron chi connectivity index (χ0n) is 15.5. The second-order valence-electron chi connectivity index (χ2n) is 6.54. The van der Waals surface area contributed by atoms with Gasteiger partial charge in [0.15, 0.2) is 5.78 Å². The van der Waals surface area contributed by atoms with Gasteiger partial charge in [-0.1, -0.05) is 67.6 Å². The van der Waals surface area contributed by atoms with Gasteiger partial charge in [-0.25, -0.2) is 0 Å². The third kappa shape index (κ3) is 5.48. The highest BCUT2D eigenvalue weighted by Gasteiger charge is 2.05. The fourth-order valence-electron chi connectivity index (χ4n) is 2.99. The molecule has 0 spiro atoms. The van der Waals surface area contributed by atoms with Crippen molar-refractivity contribution in [2.45, 2.75) is 26.2 Å². The average Bonchev–Trinajstić information content (AvgIpc) is 2.71. The number of carbonyl (C=O) groups excluding carboxylic acids is 1. The van der Waals surface area contributed by atoms with Crippen molar-refractivity contribution in [2.75, 3.05) is 6.61 Å². The van der Waals surface area contributed by atoms with Gasteiger partial charge in [0, 0.05) is 12.8 Å². The number of ether oxygens (including phenoxy) is 1. The molecule has 3 heteroatoms. The second kappa shape index (κ2) is 9.43. The molecular weight excluding hydrogens is 352 g/mol. The average molecular weight is 377 g/mol. The molecule has 2 nitrogen and oxygen atoms in total. The largest absolute Gasteiger partial charge is 0.486 e. The normalized spacial score (nSPS) is 11.6. The van der Waals surface area contributed by atoms with Crippen LogP contribution < -0.4 is 4.74 Å². The maximum absolute atomic E-state index is 12.1. The van der Waals surface area contributed by atoms with E-state index in [0.717, 1.165) is 23.5 Å². The molecule has 0 aliphatic carbocycles. The lowest BCUT2D eigenvalue weighted by molar-refractivity contribution is -0.120. The molecule has 0 saturated heterocycles. The Morgan fingerprint density at radius 2 is 1.74 bits per heavy atom. The van der Waals surface area contributed by atoms with Crippen LogP contribution in [0.3, 0.4) is 0 Å². The number of Topliss-reactive ketones (excluding diaryl/α,β-unsaturated/α-hetero) is 1. The number of thiol groups is 1. The molecule has 27 heavy (non-hydrogen) atoms. The van der Waals surface area contributed by atoms with Gasteiger partial charge in [-0.2, -0.15) is 0 Å². The third-order valence-electron chi connectivity index (χ3n) is 4.55. The Labute approximate surface area is 166 Å². The summed E-state index contributed by atoms with van der Waals surface area (Å²) in [4.78, 5) is 13.0. The van der Waals surface area contributed by atoms with Crippen LogP contribution in [0.25, 0.3) is 10.8 Å². The van der Waals surface area contributed by atoms with E-state index in [1.54, 1.807) is 0 Å². The number of hydrogen-bond donors (Lipinski definition) is 1. The van der Waals surface area contributed by atoms with Crippen LogP contribution in [0.1, 0.15) is 24.5 Å². The summed E-state index contributed by atoms with van der Waals surface area (Å²) in [5.41, 5.74) is 2.47. The highest BCUT2D eigenvalue weighted by atomic mass is 32.1. The minimum atomic E-state index is 0.0408. The van der Waals surface area contributed by atoms with Gasteiger partial charge in [0.05, 0.1) is 0 Å². The van der Waals surface area contributed by atoms with Crippen molar-refractivity contribution in [3.8, 4) is 5.75 Å². The summed E-state index contributed by atoms with van der Waals surface area (Å²) in [5, 5.41) is 2.44. The van der Waals surface area contributed by atoms with Gasteiger partial charge >= 0.3 is 0 Å². The van der Waals surface area contributed by atoms with E-state index in [1.165, 1.54) is 21.9 Å². The molecule has 0 N–H and O–H groups in total. The lowest BCUT2D eigenvalue weighted by Crippen LogP contribution is -2.10. The molecule has 0 atom stereocenters. The van der Waals surface area contributed by atoms with Crippen LogP contribution in [-0.4, -0.2) is 12.4 Å². The third-order valence-corrected chi connectivity index (χ3v) is 4.89. The molecule has 0 saturated carbocycles. The summed E-state index contributed by atoms with van der Waals surface area (Å²) in [7, 11) is 0. The van der Waals surface area contributed by atoms with E-state index >= 15 is 0 Å². The predicted molar refractivity (Wildman–Crippen MR) is 116 cm³/mol. The molecule has 3 aromatic rings. The molecule has 0 fully saturated rings. The number of fused-ring (bicyclic) bond motifs is 1. The lowest BCUT2D eigenvalue weighted by Gasteiger charge is -2.07. The van der Waals surface area contributed by atoms with Crippen molar-refractivity contribution in [2.24, 2.45) is 0 Å². The van der Waals surface area contributed by atoms with Crippen LogP contribution in [-0.2, 0) is 17.6 Å². The summed E-state index contributed by atoms with van der Waals surface area (Å²) in [6.45, 7) is 2.19. The number of benzene rings is 3. The van der Waals surface area contributed by atoms with E-state index in [9.17, 15) is 4.79 Å². The maximum Gasteiger partial charge on any atom is 0.173 e. The van der Waals surface area contributed by atoms with Crippen LogP contribution >= 0.6 is 12.6 Å². The zero-order valence-corrected chi connectivity index (χ0v) is 16.4. The Kier molecular flexibility index (Phi) is 6.72. The van der Waals surface area contributed by atoms with E-state index in [2.05, 4.69) is 49.9 Å². The van der Waals surface area contributed by atoms with E-state index in [-0.39, 0.29) is 12.4 Å². The lowest BCUT2D eigenvalue weighted by atomic mass is 10.0. The number of carbonyl (C=O) groups is 1. The Balaban J connectivity index is 1.54. The zero-order chi connectivity index (χ0) is 19.1. The van der Waals surface area contributed by atoms with Gasteiger partial charge < -0.3 is 4.74 Å². The summed E-state index contributed by atoms with van der Waals surface area (Å²) in [6, 6.07) is 22.4. The Morgan fingerprint density at radius 3 is 2.52 bits per heavy atom. The molecule has 0 amide bonds. The quantitative estimate of drug-likeness (QED) is 0.503. The summed E-state index contributed by atoms with van der Waals surface area (Å²) in [5.74, 6) is 0.769. The fraction of sp³-hybridized carbons (Fsp3) is 0.208. The Hall–Kier alpha value is -2.52. The fourth-order valence-corrected chi connectivity index (χ4v) is 3.25. The van der Waals surface area contributed by atoms with Crippen LogP contribution in [0.4, 0.5) is 0 Å². The number of allylic oxidation sites excluding steroid dienone is 2. The minimum absolute atomic E-state index is 0.0408. The monoisotopic (exact) mass is 376 g/mol. The molecule has 0 aliphatic heterocycles. The smallest absolute Gasteiger partial charge is 0.173 e. The Morgan fingerprint density at radius 1 is 1.00 bits per heavy atom. The van der Waals surface area contributed by atoms with E-state index in [0.29, 0.717) is 6.42 Å². The van der Waals surface area contributed by atoms with E-state index < -0.39 is 0 Å². The first-order valence-electron chi connectivity index (χ1n) is 9.24. The first-order valence-corrected chi connectivity index (χ1v) is 9.68. The number of ketones is 1. The van der Waals surface area contributed by atoms with Crippen LogP contribution in [0, 0.1) is 0 Å². The van der Waals surface area contributed by atoms with Crippen molar-refractivity contribution < 1.29 is 9.53 Å². The van der Waals surface area contributed by atoms with E-state index in [1.807, 2.05) is 42.5 Å². The number of hydrogen-bond acceptors (Lipinski definition) is 3. The summed E-state index contributed by atoms with van der Waals surface area (Å²) >= 11 is 4.57. The number of aryl methyl sites for hydroxylation is 1. The van der Waals surface area contributed by atoms with E-state index in [4.69, 9.17) is 4.74 Å². The number of rotatable bonds is 8. The SMILES string of the molecule is CCc1ccc(OCC(=O)C/C=C(\S)Cc2cccc3ccccc23)cc1. The standard InChI is InChI=1S/C24H24O2S/c1-2-18-10-13-22(14-11-18)26-17-21(25)12-15-23(27)16-20-8-5-7-19-6-3-4-9-24(19)20/h3-11,13-15,27H,2,12,16-17H2,1H3/b23-15-. The van der Waals surface area contributed by atoms with Crippen molar-refractivity contribution >= 4 is 29.2 Å². The van der Waals surface area contributed by atoms with Gasteiger partial charge in [-0.15, -0.1) is 12.6 Å². The first kappa shape index (κ1) is 19.2. The highest BCUT2D eigenvalue weighted by Crippen LogP contribution is 2.22. The van der Waals surface area contributed by atoms with Crippen LogP contribution in [0.5, 0.6) is 5.75 Å².